The van der Waals surface area contributed by atoms with Gasteiger partial charge in [-0.2, -0.15) is 0 Å². The summed E-state index contributed by atoms with van der Waals surface area (Å²) < 4.78 is 5.34. The zero-order chi connectivity index (χ0) is 14.6. The molecule has 2 aromatic rings. The zero-order valence-electron chi connectivity index (χ0n) is 12.6. The monoisotopic (exact) mass is 290 g/mol. The number of para-hydroxylation sites is 1. The van der Waals surface area contributed by atoms with Crippen molar-refractivity contribution in [3.63, 3.8) is 0 Å². The Morgan fingerprint density at radius 1 is 1.20 bits per heavy atom. The van der Waals surface area contributed by atoms with Gasteiger partial charge in [-0.25, -0.2) is 4.98 Å². The quantitative estimate of drug-likeness (QED) is 0.911. The van der Waals surface area contributed by atoms with Crippen LogP contribution in [-0.4, -0.2) is 12.1 Å². The smallest absolute Gasteiger partial charge is 0.123 e. The highest BCUT2D eigenvalue weighted by atomic mass is 32.1. The van der Waals surface area contributed by atoms with Crippen LogP contribution < -0.4 is 10.1 Å². The Hall–Kier alpha value is -1.39. The Bertz CT molecular complexity index is 558. The van der Waals surface area contributed by atoms with E-state index in [4.69, 9.17) is 4.74 Å². The van der Waals surface area contributed by atoms with Crippen LogP contribution in [0.2, 0.25) is 0 Å². The van der Waals surface area contributed by atoms with Crippen LogP contribution in [0.25, 0.3) is 0 Å². The van der Waals surface area contributed by atoms with Gasteiger partial charge in [0.1, 0.15) is 10.8 Å². The average Bonchev–Trinajstić information content (AvgIpc) is 2.88. The molecule has 0 aliphatic rings. The van der Waals surface area contributed by atoms with Gasteiger partial charge in [-0.05, 0) is 6.07 Å². The van der Waals surface area contributed by atoms with Gasteiger partial charge in [-0.1, -0.05) is 39.0 Å². The molecule has 0 unspecified atom stereocenters. The van der Waals surface area contributed by atoms with Crippen LogP contribution in [0.15, 0.2) is 29.6 Å². The Labute approximate surface area is 125 Å². The molecule has 0 radical (unpaired) electrons. The van der Waals surface area contributed by atoms with E-state index < -0.39 is 0 Å². The maximum atomic E-state index is 5.34. The number of hydrogen-bond acceptors (Lipinski definition) is 4. The van der Waals surface area contributed by atoms with E-state index in [1.807, 2.05) is 18.2 Å². The van der Waals surface area contributed by atoms with Crippen LogP contribution in [0.1, 0.15) is 37.0 Å². The second-order valence-electron chi connectivity index (χ2n) is 5.79. The van der Waals surface area contributed by atoms with Crippen LogP contribution in [0.4, 0.5) is 0 Å². The number of benzene rings is 1. The van der Waals surface area contributed by atoms with E-state index in [-0.39, 0.29) is 5.41 Å². The van der Waals surface area contributed by atoms with Crippen LogP contribution in [0.3, 0.4) is 0 Å². The summed E-state index contributed by atoms with van der Waals surface area (Å²) >= 11 is 1.72. The lowest BCUT2D eigenvalue weighted by molar-refractivity contribution is 0.407. The zero-order valence-corrected chi connectivity index (χ0v) is 13.4. The number of nitrogens with one attached hydrogen (secondary N) is 1. The van der Waals surface area contributed by atoms with Crippen LogP contribution in [0.5, 0.6) is 5.75 Å². The highest BCUT2D eigenvalue weighted by molar-refractivity contribution is 7.09. The third-order valence-corrected chi connectivity index (χ3v) is 3.95. The van der Waals surface area contributed by atoms with E-state index in [9.17, 15) is 0 Å². The molecule has 0 fully saturated rings. The Morgan fingerprint density at radius 3 is 2.60 bits per heavy atom. The molecule has 2 rings (SSSR count). The maximum Gasteiger partial charge on any atom is 0.123 e. The summed E-state index contributed by atoms with van der Waals surface area (Å²) in [6, 6.07) is 8.08. The molecular formula is C16H22N2OS. The maximum absolute atomic E-state index is 5.34. The fourth-order valence-electron chi connectivity index (χ4n) is 1.89. The first-order chi connectivity index (χ1) is 9.50. The number of hydrogen-bond donors (Lipinski definition) is 1. The molecule has 1 N–H and O–H groups in total. The topological polar surface area (TPSA) is 34.1 Å². The molecule has 1 heterocycles. The molecule has 0 amide bonds. The van der Waals surface area contributed by atoms with Crippen molar-refractivity contribution < 1.29 is 4.74 Å². The van der Waals surface area contributed by atoms with Crippen LogP contribution in [0, 0.1) is 0 Å². The first kappa shape index (κ1) is 15.0. The number of nitrogens with zero attached hydrogens (tertiary/aromatic N) is 1. The minimum Gasteiger partial charge on any atom is -0.496 e. The van der Waals surface area contributed by atoms with Gasteiger partial charge in [0.25, 0.3) is 0 Å². The predicted octanol–water partition coefficient (Wildman–Crippen LogP) is 3.74. The summed E-state index contributed by atoms with van der Waals surface area (Å²) in [7, 11) is 1.70. The van der Waals surface area contributed by atoms with Crippen molar-refractivity contribution in [2.45, 2.75) is 39.3 Å². The number of thiazole rings is 1. The Balaban J connectivity index is 1.91. The minimum absolute atomic E-state index is 0.122. The lowest BCUT2D eigenvalue weighted by Gasteiger charge is -2.14. The molecule has 1 aromatic carbocycles. The largest absolute Gasteiger partial charge is 0.496 e. The molecule has 20 heavy (non-hydrogen) atoms. The summed E-state index contributed by atoms with van der Waals surface area (Å²) in [5.74, 6) is 0.925. The molecule has 0 spiro atoms. The fourth-order valence-corrected chi connectivity index (χ4v) is 2.88. The molecule has 1 aromatic heterocycles. The lowest BCUT2D eigenvalue weighted by Crippen LogP contribution is -2.15. The number of methoxy groups -OCH3 is 1. The van der Waals surface area contributed by atoms with E-state index in [0.717, 1.165) is 29.5 Å². The average molecular weight is 290 g/mol. The molecule has 0 aliphatic carbocycles. The van der Waals surface area contributed by atoms with Gasteiger partial charge in [0.15, 0.2) is 0 Å². The van der Waals surface area contributed by atoms with Gasteiger partial charge >= 0.3 is 0 Å². The third-order valence-electron chi connectivity index (χ3n) is 3.10. The van der Waals surface area contributed by atoms with E-state index in [1.54, 1.807) is 18.4 Å². The number of rotatable bonds is 5. The van der Waals surface area contributed by atoms with Gasteiger partial charge in [0.2, 0.25) is 0 Å². The minimum atomic E-state index is 0.122. The molecule has 0 bridgehead atoms. The molecule has 108 valence electrons. The summed E-state index contributed by atoms with van der Waals surface area (Å²) in [4.78, 5) is 4.68. The Kier molecular flexibility index (Phi) is 4.78. The molecule has 0 saturated carbocycles. The van der Waals surface area contributed by atoms with Crippen molar-refractivity contribution in [2.75, 3.05) is 7.11 Å². The third kappa shape index (κ3) is 3.81. The van der Waals surface area contributed by atoms with Crippen molar-refractivity contribution >= 4 is 11.3 Å². The first-order valence-electron chi connectivity index (χ1n) is 6.78. The van der Waals surface area contributed by atoms with Gasteiger partial charge < -0.3 is 10.1 Å². The highest BCUT2D eigenvalue weighted by Crippen LogP contribution is 2.24. The molecular weight excluding hydrogens is 268 g/mol. The SMILES string of the molecule is COc1ccccc1CNCc1nc(C(C)(C)C)cs1. The van der Waals surface area contributed by atoms with Crippen molar-refractivity contribution in [2.24, 2.45) is 0 Å². The van der Waals surface area contributed by atoms with Crippen molar-refractivity contribution in [1.29, 1.82) is 0 Å². The van der Waals surface area contributed by atoms with Crippen LogP contribution >= 0.6 is 11.3 Å². The van der Waals surface area contributed by atoms with Crippen molar-refractivity contribution in [3.05, 3.63) is 45.9 Å². The fraction of sp³-hybridized carbons (Fsp3) is 0.438. The Morgan fingerprint density at radius 2 is 1.95 bits per heavy atom. The second kappa shape index (κ2) is 6.37. The lowest BCUT2D eigenvalue weighted by atomic mass is 9.93. The molecule has 0 aliphatic heterocycles. The molecule has 4 heteroatoms. The van der Waals surface area contributed by atoms with E-state index >= 15 is 0 Å². The number of aromatic nitrogens is 1. The van der Waals surface area contributed by atoms with Gasteiger partial charge in [0.05, 0.1) is 12.8 Å². The number of ether oxygens (including phenoxy) is 1. The molecule has 3 nitrogen and oxygen atoms in total. The standard InChI is InChI=1S/C16H22N2OS/c1-16(2,3)14-11-20-15(18-14)10-17-9-12-7-5-6-8-13(12)19-4/h5-8,11,17H,9-10H2,1-4H3. The predicted molar refractivity (Wildman–Crippen MR) is 84.4 cm³/mol. The van der Waals surface area contributed by atoms with E-state index in [0.29, 0.717) is 0 Å². The first-order valence-corrected chi connectivity index (χ1v) is 7.66. The summed E-state index contributed by atoms with van der Waals surface area (Å²) in [5.41, 5.74) is 2.46. The summed E-state index contributed by atoms with van der Waals surface area (Å²) in [6.45, 7) is 8.14. The van der Waals surface area contributed by atoms with Gasteiger partial charge in [-0.3, -0.25) is 0 Å². The molecule has 0 atom stereocenters. The van der Waals surface area contributed by atoms with E-state index in [1.165, 1.54) is 5.56 Å². The van der Waals surface area contributed by atoms with E-state index in [2.05, 4.69) is 42.5 Å². The summed E-state index contributed by atoms with van der Waals surface area (Å²) in [5, 5.41) is 6.71. The van der Waals surface area contributed by atoms with Crippen molar-refractivity contribution in [3.8, 4) is 5.75 Å². The van der Waals surface area contributed by atoms with Crippen LogP contribution in [-0.2, 0) is 18.5 Å². The van der Waals surface area contributed by atoms with Gasteiger partial charge in [0, 0.05) is 29.4 Å². The highest BCUT2D eigenvalue weighted by Gasteiger charge is 2.17. The van der Waals surface area contributed by atoms with Crippen molar-refractivity contribution in [1.82, 2.24) is 10.3 Å². The second-order valence-corrected chi connectivity index (χ2v) is 6.73. The van der Waals surface area contributed by atoms with Gasteiger partial charge in [-0.15, -0.1) is 11.3 Å². The normalized spacial score (nSPS) is 11.6. The summed E-state index contributed by atoms with van der Waals surface area (Å²) in [6.07, 6.45) is 0. The molecule has 0 saturated heterocycles.